The highest BCUT2D eigenvalue weighted by molar-refractivity contribution is 5.86. The molecule has 0 aromatic carbocycles. The third-order valence-corrected chi connectivity index (χ3v) is 42.9. The van der Waals surface area contributed by atoms with Crippen LogP contribution in [0.3, 0.4) is 0 Å². The zero-order valence-corrected chi connectivity index (χ0v) is 89.6. The van der Waals surface area contributed by atoms with Crippen molar-refractivity contribution in [3.63, 3.8) is 0 Å². The van der Waals surface area contributed by atoms with E-state index < -0.39 is 137 Å². The molecule has 24 aliphatic heterocycles. The molecule has 3 N–H and O–H groups in total. The van der Waals surface area contributed by atoms with Gasteiger partial charge in [0.1, 0.15) is 5.71 Å². The Morgan fingerprint density at radius 3 is 0.793 bits per heavy atom. The summed E-state index contributed by atoms with van der Waals surface area (Å²) in [6.45, 7) is 41.1. The van der Waals surface area contributed by atoms with Crippen molar-refractivity contribution in [1.29, 1.82) is 0 Å². The molecule has 5 unspecified atom stereocenters. The lowest BCUT2D eigenvalue weighted by molar-refractivity contribution is -0.578. The van der Waals surface area contributed by atoms with Crippen LogP contribution in [0.15, 0.2) is 5.16 Å². The third kappa shape index (κ3) is 18.1. The fraction of sp³-hybridized carbons (Fsp3) is 0.982. The topological polar surface area (TPSA) is 359 Å². The maximum Gasteiger partial charge on any atom is 0.303 e. The molecule has 0 aromatic rings. The maximum atomic E-state index is 11.3. The Morgan fingerprint density at radius 1 is 0.310 bits per heavy atom. The Bertz CT molecular complexity index is 4280. The monoisotopic (exact) mass is 2050 g/mol. The van der Waals surface area contributed by atoms with Crippen LogP contribution in [0.25, 0.3) is 0 Å². The van der Waals surface area contributed by atoms with Crippen LogP contribution in [0.4, 0.5) is 0 Å². The smallest absolute Gasteiger partial charge is 0.303 e. The molecule has 31 aliphatic rings. The average Bonchev–Trinajstić information content (AvgIpc) is 1.66. The first-order chi connectivity index (χ1) is 69.4. The molecule has 50 atom stereocenters. The molecule has 0 aromatic heterocycles. The van der Waals surface area contributed by atoms with E-state index in [-0.39, 0.29) is 139 Å². The number of carboxylic acids is 1. The lowest BCUT2D eigenvalue weighted by atomic mass is 9.58. The van der Waals surface area contributed by atoms with Crippen LogP contribution in [0.5, 0.6) is 0 Å². The van der Waals surface area contributed by atoms with E-state index in [0.717, 1.165) is 148 Å². The second-order valence-corrected chi connectivity index (χ2v) is 52.0. The van der Waals surface area contributed by atoms with Crippen LogP contribution < -0.4 is 5.32 Å². The van der Waals surface area contributed by atoms with Crippen LogP contribution in [-0.2, 0) is 149 Å². The summed E-state index contributed by atoms with van der Waals surface area (Å²) < 4.78 is 119. The van der Waals surface area contributed by atoms with Crippen molar-refractivity contribution in [3.8, 4) is 0 Å². The minimum Gasteiger partial charge on any atom is -0.481 e. The molecule has 0 amide bonds. The number of nitrogens with one attached hydrogen (secondary N) is 1. The number of fused-ring (bicyclic) bond motifs is 12. The van der Waals surface area contributed by atoms with Gasteiger partial charge in [0.2, 0.25) is 34.7 Å². The molecule has 0 radical (unpaired) electrons. The number of rotatable bonds is 25. The SMILES string of the molecule is C[C@H]1[C@@H](OCC(CO[C@H]2O[C@@H]3O[C@@]4(C)CC[C@@H]5[C@H](C)CC[C@@H]([C@H]2C)[C@@]35OO4)CC2CCCCC2)OC2O[C@@]3(C)CC[C@H]4[C@H](C)CC[C@@H]1[C@@]24OO3.C[C@H]1[C@@H](OCC(CO[C@H]2O[C@@H]3O[C@@]4(C)CC[C@H]5[C@H](C)CC[C@@H]([C@H]2C)[C@@]35OO4)=NO)OC2O[C@@]3(C)CC[C@H]4[C@H](C)CC[C@@H]1[C@@]24OO3.C[C@H]1[C@@H](OCC(CO[C@H]2O[C@@H]3O[C@@]4(C)CC[C@H]5[C@H](C)CC[C@@H]([C@H]2C)[C@@]35OO4)NCCCC(=O)O)OC2O[C@@]3(C)CC[C@H]4[C@H](C)CC[C@@H]1[C@@]24OO3. The largest absolute Gasteiger partial charge is 0.481 e. The quantitative estimate of drug-likeness (QED) is 0.0251. The normalized spacial score (nSPS) is 54.9. The van der Waals surface area contributed by atoms with E-state index in [9.17, 15) is 15.1 Å². The molecule has 6 spiro atoms. The van der Waals surface area contributed by atoms with Gasteiger partial charge in [0.15, 0.2) is 109 Å². The third-order valence-electron chi connectivity index (χ3n) is 42.9. The van der Waals surface area contributed by atoms with Gasteiger partial charge in [0.25, 0.3) is 0 Å². The highest BCUT2D eigenvalue weighted by Crippen LogP contribution is 2.70. The van der Waals surface area contributed by atoms with Crippen molar-refractivity contribution >= 4 is 11.7 Å². The van der Waals surface area contributed by atoms with E-state index in [1.54, 1.807) is 0 Å². The van der Waals surface area contributed by atoms with E-state index in [4.69, 9.17) is 144 Å². The van der Waals surface area contributed by atoms with Crippen LogP contribution in [0, 0.1) is 154 Å². The molecular weight excluding hydrogens is 1880 g/mol. The highest BCUT2D eigenvalue weighted by Gasteiger charge is 2.78. The van der Waals surface area contributed by atoms with Gasteiger partial charge in [0, 0.05) is 122 Å². The van der Waals surface area contributed by atoms with Crippen molar-refractivity contribution in [2.45, 2.75) is 480 Å². The fourth-order valence-corrected chi connectivity index (χ4v) is 34.5. The predicted molar refractivity (Wildman–Crippen MR) is 509 cm³/mol. The number of ether oxygens (including phenoxy) is 18. The first-order valence-electron chi connectivity index (χ1n) is 57.5. The van der Waals surface area contributed by atoms with Crippen molar-refractivity contribution in [1.82, 2.24) is 5.32 Å². The summed E-state index contributed by atoms with van der Waals surface area (Å²) in [6, 6.07) is -0.243. The molecule has 7 saturated carbocycles. The van der Waals surface area contributed by atoms with Crippen molar-refractivity contribution < 1.29 is 159 Å². The molecule has 24 saturated heterocycles. The maximum absolute atomic E-state index is 11.3. The number of nitrogens with zero attached hydrogens (tertiary/aromatic N) is 1. The van der Waals surface area contributed by atoms with Crippen molar-refractivity contribution in [3.05, 3.63) is 0 Å². The highest BCUT2D eigenvalue weighted by atomic mass is 17.3. The lowest BCUT2D eigenvalue weighted by Crippen LogP contribution is -2.70. The Morgan fingerprint density at radius 2 is 0.552 bits per heavy atom. The van der Waals surface area contributed by atoms with Crippen LogP contribution in [0.2, 0.25) is 0 Å². The number of hydrogen-bond acceptors (Lipinski definition) is 34. The second kappa shape index (κ2) is 40.3. The van der Waals surface area contributed by atoms with Crippen LogP contribution in [-0.4, -0.2) is 218 Å². The van der Waals surface area contributed by atoms with Gasteiger partial charge in [-0.3, -0.25) is 4.79 Å². The van der Waals surface area contributed by atoms with Gasteiger partial charge < -0.3 is 101 Å². The zero-order chi connectivity index (χ0) is 101. The lowest BCUT2D eigenvalue weighted by Gasteiger charge is -2.60. The van der Waals surface area contributed by atoms with E-state index in [1.807, 2.05) is 41.5 Å². The summed E-state index contributed by atoms with van der Waals surface area (Å²) in [7, 11) is 0. The Balaban J connectivity index is 0.000000120. The molecule has 24 heterocycles. The van der Waals surface area contributed by atoms with E-state index in [0.29, 0.717) is 98.4 Å². The summed E-state index contributed by atoms with van der Waals surface area (Å²) in [4.78, 5) is 85.0. The molecule has 822 valence electrons. The van der Waals surface area contributed by atoms with E-state index in [2.05, 4.69) is 93.6 Å². The number of hydrogen-bond donors (Lipinski definition) is 3. The minimum atomic E-state index is -0.856. The molecule has 31 fully saturated rings. The summed E-state index contributed by atoms with van der Waals surface area (Å²) in [5.41, 5.74) is -3.43. The Kier molecular flexibility index (Phi) is 29.4. The van der Waals surface area contributed by atoms with Crippen LogP contribution >= 0.6 is 0 Å². The number of aliphatic carboxylic acids is 1. The average molecular weight is 2050 g/mol. The number of oxime groups is 1. The molecule has 12 bridgehead atoms. The van der Waals surface area contributed by atoms with Crippen molar-refractivity contribution in [2.24, 2.45) is 159 Å². The molecule has 35 heteroatoms. The molecule has 31 rings (SSSR count). The van der Waals surface area contributed by atoms with Gasteiger partial charge in [0.05, 0.1) is 45.7 Å². The first-order valence-corrected chi connectivity index (χ1v) is 57.5. The summed E-state index contributed by atoms with van der Waals surface area (Å²) in [6.07, 6.45) is 25.4. The summed E-state index contributed by atoms with van der Waals surface area (Å²) in [5.74, 6) is 1.41. The molecule has 7 aliphatic carbocycles. The van der Waals surface area contributed by atoms with Gasteiger partial charge in [-0.05, 0) is 253 Å². The van der Waals surface area contributed by atoms with Gasteiger partial charge >= 0.3 is 5.97 Å². The molecular formula is C110H174N2O33. The number of carboxylic acid groups (broad SMARTS) is 1. The van der Waals surface area contributed by atoms with Crippen molar-refractivity contribution in [2.75, 3.05) is 46.2 Å². The Hall–Kier alpha value is -2.30. The number of carbonyl (C=O) groups is 1. The zero-order valence-electron chi connectivity index (χ0n) is 89.6. The van der Waals surface area contributed by atoms with Gasteiger partial charge in [-0.2, -0.15) is 0 Å². The Labute approximate surface area is 857 Å². The van der Waals surface area contributed by atoms with E-state index >= 15 is 0 Å². The molecule has 35 nitrogen and oxygen atoms in total. The minimum absolute atomic E-state index is 0.0117. The predicted octanol–water partition coefficient (Wildman–Crippen LogP) is 18.5. The van der Waals surface area contributed by atoms with Crippen LogP contribution in [0.1, 0.15) is 330 Å². The molecule has 145 heavy (non-hydrogen) atoms. The van der Waals surface area contributed by atoms with E-state index in [1.165, 1.54) is 44.9 Å². The van der Waals surface area contributed by atoms with Gasteiger partial charge in [-0.15, -0.1) is 0 Å². The summed E-state index contributed by atoms with van der Waals surface area (Å²) >= 11 is 0. The van der Waals surface area contributed by atoms with Gasteiger partial charge in [-0.25, -0.2) is 58.7 Å². The fourth-order valence-electron chi connectivity index (χ4n) is 34.5. The standard InChI is InChI=1S/C40H64O10.C37H59NO12.C33H51NO11/c1-23-12-14-31-25(3)33(43-35-39(31)29(23)16-18-37(5,45-35)47-49-39)41-21-28(20-27-10-8-7-9-11-27)22-42-34-26(4)32-15-13-24(2)30-17-19-38(6)46-36(44-34)40(30,32)50-48-38;1-20-9-11-27-22(3)30(43-32-36(27)25(20)13-15-34(5,45-32)47-49-36)41-18-24(38-17-7-8-29(39)40)19-42-31-23(4)28-12-10-21(2)26-14-16-35(6)46-33(44-31)37(26,28)50-48-35;1-17-7-9-24-19(3)26(38-28-32(24)22(17)11-13-30(5,40-28)42-44-32)36-15-21(34-35)16-37-27-20(4)25-10-8-18(2)23-12-14-31(6)41-29(39-27)33(23,25)45-43-31/h23-36H,7-22H2,1-6H3;20-28,30-33,38H,7-19H2,1-6H3,(H,39,40);17-20,22-29,35H,7-16H2,1-6H3/t23-,24-,25-,26-,28?,29-,30+,31+,32+,33+,34+,35-,36?,37-,38-,39-,40-;20-,21-,22-,23-,24?,25+,26+,27+,28+,30+,31+,32-,33?,34-,35-,36-,37-;17-,18-,19-,20-,22+,23+,24+,25+,26+,27+,28-,29?,30-,31-,32-,33-/m111/s1. The summed E-state index contributed by atoms with van der Waals surface area (Å²) in [5, 5.41) is 26.3. The first kappa shape index (κ1) is 106. The second-order valence-electron chi connectivity index (χ2n) is 52.0. The van der Waals surface area contributed by atoms with Gasteiger partial charge in [-0.1, -0.05) is 120 Å².